The van der Waals surface area contributed by atoms with E-state index in [1.54, 1.807) is 4.90 Å². The fourth-order valence-corrected chi connectivity index (χ4v) is 5.19. The van der Waals surface area contributed by atoms with E-state index in [1.807, 2.05) is 13.8 Å². The number of amides is 1. The fraction of sp³-hybridized carbons (Fsp3) is 0.500. The Kier molecular flexibility index (Phi) is 6.46. The van der Waals surface area contributed by atoms with Crippen molar-refractivity contribution in [1.82, 2.24) is 25.0 Å². The standard InChI is InChI=1S/C18H22F3N5O3S/c1-3-4-13(24-30(28,29)15-6-5-12(19)16(20)17(15)21)11-9-26(8-10(11)2)18(27)14-7-22-25-23-14/h5-7,10-11,13,24H,3-4,8-9H2,1-2H3,(H,22,23,25)/t10-,11+,13-/m1/s1. The van der Waals surface area contributed by atoms with Gasteiger partial charge in [0.2, 0.25) is 10.0 Å². The van der Waals surface area contributed by atoms with Crippen molar-refractivity contribution in [3.63, 3.8) is 0 Å². The van der Waals surface area contributed by atoms with Crippen molar-refractivity contribution >= 4 is 15.9 Å². The highest BCUT2D eigenvalue weighted by Crippen LogP contribution is 2.30. The normalized spacial score (nSPS) is 20.5. The number of likely N-dealkylation sites (tertiary alicyclic amines) is 1. The minimum Gasteiger partial charge on any atom is -0.337 e. The van der Waals surface area contributed by atoms with E-state index in [0.717, 1.165) is 0 Å². The molecular formula is C18H22F3N5O3S. The van der Waals surface area contributed by atoms with Crippen LogP contribution in [0.25, 0.3) is 0 Å². The van der Waals surface area contributed by atoms with Crippen LogP contribution in [0.4, 0.5) is 13.2 Å². The van der Waals surface area contributed by atoms with E-state index in [2.05, 4.69) is 20.1 Å². The molecule has 1 aromatic heterocycles. The molecule has 0 unspecified atom stereocenters. The van der Waals surface area contributed by atoms with Gasteiger partial charge in [-0.05, 0) is 30.4 Å². The number of benzene rings is 1. The SMILES string of the molecule is CCC[C@@H](NS(=O)(=O)c1ccc(F)c(F)c1F)[C@H]1CN(C(=O)c2cn[nH]n2)C[C@H]1C. The number of sulfonamides is 1. The van der Waals surface area contributed by atoms with Crippen LogP contribution in [-0.4, -0.2) is 53.8 Å². The minimum atomic E-state index is -4.46. The van der Waals surface area contributed by atoms with E-state index >= 15 is 0 Å². The summed E-state index contributed by atoms with van der Waals surface area (Å²) in [4.78, 5) is 13.1. The van der Waals surface area contributed by atoms with Crippen LogP contribution in [0.5, 0.6) is 0 Å². The maximum Gasteiger partial charge on any atom is 0.276 e. The molecule has 0 radical (unpaired) electrons. The van der Waals surface area contributed by atoms with Crippen molar-refractivity contribution in [2.45, 2.75) is 37.6 Å². The average Bonchev–Trinajstić information content (AvgIpc) is 3.35. The van der Waals surface area contributed by atoms with Crippen molar-refractivity contribution in [2.75, 3.05) is 13.1 Å². The highest BCUT2D eigenvalue weighted by molar-refractivity contribution is 7.89. The van der Waals surface area contributed by atoms with E-state index in [0.29, 0.717) is 31.5 Å². The molecule has 0 aliphatic carbocycles. The Labute approximate surface area is 171 Å². The molecule has 3 atom stereocenters. The third kappa shape index (κ3) is 4.33. The van der Waals surface area contributed by atoms with E-state index < -0.39 is 38.4 Å². The molecule has 0 bridgehead atoms. The summed E-state index contributed by atoms with van der Waals surface area (Å²) in [6.07, 6.45) is 2.35. The molecule has 164 valence electrons. The van der Waals surface area contributed by atoms with Crippen molar-refractivity contribution in [2.24, 2.45) is 11.8 Å². The summed E-state index contributed by atoms with van der Waals surface area (Å²) in [7, 11) is -4.46. The molecular weight excluding hydrogens is 423 g/mol. The number of rotatable bonds is 7. The average molecular weight is 445 g/mol. The zero-order valence-corrected chi connectivity index (χ0v) is 17.2. The van der Waals surface area contributed by atoms with Gasteiger partial charge >= 0.3 is 0 Å². The van der Waals surface area contributed by atoms with Gasteiger partial charge < -0.3 is 4.90 Å². The number of halogens is 3. The molecule has 12 heteroatoms. The Morgan fingerprint density at radius 2 is 2.03 bits per heavy atom. The predicted octanol–water partition coefficient (Wildman–Crippen LogP) is 2.08. The van der Waals surface area contributed by atoms with Gasteiger partial charge in [0.25, 0.3) is 5.91 Å². The number of hydrogen-bond donors (Lipinski definition) is 2. The fourth-order valence-electron chi connectivity index (χ4n) is 3.80. The first-order valence-electron chi connectivity index (χ1n) is 9.46. The van der Waals surface area contributed by atoms with E-state index in [-0.39, 0.29) is 30.0 Å². The van der Waals surface area contributed by atoms with Crippen molar-refractivity contribution < 1.29 is 26.4 Å². The predicted molar refractivity (Wildman–Crippen MR) is 100 cm³/mol. The topological polar surface area (TPSA) is 108 Å². The van der Waals surface area contributed by atoms with Crippen LogP contribution >= 0.6 is 0 Å². The molecule has 1 aliphatic rings. The summed E-state index contributed by atoms with van der Waals surface area (Å²) < 4.78 is 68.7. The van der Waals surface area contributed by atoms with Gasteiger partial charge in [0, 0.05) is 19.1 Å². The number of nitrogens with zero attached hydrogens (tertiary/aromatic N) is 3. The maximum absolute atomic E-state index is 14.1. The van der Waals surface area contributed by atoms with Crippen LogP contribution in [-0.2, 0) is 10.0 Å². The molecule has 8 nitrogen and oxygen atoms in total. The van der Waals surface area contributed by atoms with Gasteiger partial charge in [-0.15, -0.1) is 0 Å². The molecule has 0 spiro atoms. The van der Waals surface area contributed by atoms with Crippen LogP contribution in [0, 0.1) is 29.3 Å². The first kappa shape index (κ1) is 22.2. The van der Waals surface area contributed by atoms with E-state index in [1.165, 1.54) is 6.20 Å². The molecule has 3 rings (SSSR count). The summed E-state index contributed by atoms with van der Waals surface area (Å²) in [5, 5.41) is 9.75. The van der Waals surface area contributed by atoms with E-state index in [4.69, 9.17) is 0 Å². The molecule has 2 N–H and O–H groups in total. The zero-order chi connectivity index (χ0) is 22.1. The molecule has 1 amide bonds. The molecule has 1 saturated heterocycles. The minimum absolute atomic E-state index is 0.0603. The number of carbonyl (C=O) groups is 1. The quantitative estimate of drug-likeness (QED) is 0.635. The Hall–Kier alpha value is -2.47. The number of H-pyrrole nitrogens is 1. The van der Waals surface area contributed by atoms with Crippen molar-refractivity contribution in [3.8, 4) is 0 Å². The Balaban J connectivity index is 1.82. The number of aromatic amines is 1. The maximum atomic E-state index is 14.1. The molecule has 30 heavy (non-hydrogen) atoms. The van der Waals surface area contributed by atoms with E-state index in [9.17, 15) is 26.4 Å². The van der Waals surface area contributed by atoms with Crippen molar-refractivity contribution in [3.05, 3.63) is 41.5 Å². The summed E-state index contributed by atoms with van der Waals surface area (Å²) in [6.45, 7) is 4.39. The number of aromatic nitrogens is 3. The molecule has 1 fully saturated rings. The lowest BCUT2D eigenvalue weighted by Gasteiger charge is -2.27. The van der Waals surface area contributed by atoms with Crippen LogP contribution < -0.4 is 4.72 Å². The summed E-state index contributed by atoms with van der Waals surface area (Å²) in [6, 6.07) is 0.633. The molecule has 1 aromatic carbocycles. The summed E-state index contributed by atoms with van der Waals surface area (Å²) >= 11 is 0. The van der Waals surface area contributed by atoms with Crippen LogP contribution in [0.2, 0.25) is 0 Å². The second-order valence-corrected chi connectivity index (χ2v) is 9.08. The van der Waals surface area contributed by atoms with Gasteiger partial charge in [-0.25, -0.2) is 26.3 Å². The highest BCUT2D eigenvalue weighted by atomic mass is 32.2. The van der Waals surface area contributed by atoms with Crippen LogP contribution in [0.1, 0.15) is 37.2 Å². The van der Waals surface area contributed by atoms with Crippen LogP contribution in [0.3, 0.4) is 0 Å². The number of carbonyl (C=O) groups excluding carboxylic acids is 1. The molecule has 2 heterocycles. The third-order valence-electron chi connectivity index (χ3n) is 5.30. The zero-order valence-electron chi connectivity index (χ0n) is 16.4. The van der Waals surface area contributed by atoms with Gasteiger partial charge in [-0.3, -0.25) is 4.79 Å². The van der Waals surface area contributed by atoms with Gasteiger partial charge in [0.15, 0.2) is 23.1 Å². The Morgan fingerprint density at radius 1 is 1.30 bits per heavy atom. The monoisotopic (exact) mass is 445 g/mol. The van der Waals surface area contributed by atoms with Crippen molar-refractivity contribution in [1.29, 1.82) is 0 Å². The lowest BCUT2D eigenvalue weighted by Crippen LogP contribution is -2.43. The first-order chi connectivity index (χ1) is 14.2. The summed E-state index contributed by atoms with van der Waals surface area (Å²) in [5.41, 5.74) is 0.152. The Morgan fingerprint density at radius 3 is 2.67 bits per heavy atom. The van der Waals surface area contributed by atoms with Gasteiger partial charge in [0.05, 0.1) is 6.20 Å². The van der Waals surface area contributed by atoms with Crippen LogP contribution in [0.15, 0.2) is 23.2 Å². The lowest BCUT2D eigenvalue weighted by atomic mass is 9.88. The second kappa shape index (κ2) is 8.72. The lowest BCUT2D eigenvalue weighted by molar-refractivity contribution is 0.0777. The largest absolute Gasteiger partial charge is 0.337 e. The Bertz CT molecular complexity index is 1020. The van der Waals surface area contributed by atoms with Gasteiger partial charge in [0.1, 0.15) is 4.90 Å². The van der Waals surface area contributed by atoms with Gasteiger partial charge in [-0.2, -0.15) is 15.4 Å². The molecule has 1 aliphatic heterocycles. The number of hydrogen-bond acceptors (Lipinski definition) is 5. The molecule has 0 saturated carbocycles. The highest BCUT2D eigenvalue weighted by Gasteiger charge is 2.40. The second-order valence-electron chi connectivity index (χ2n) is 7.40. The third-order valence-corrected chi connectivity index (χ3v) is 6.81. The first-order valence-corrected chi connectivity index (χ1v) is 10.9. The number of nitrogens with one attached hydrogen (secondary N) is 2. The summed E-state index contributed by atoms with van der Waals surface area (Å²) in [5.74, 6) is -5.73. The van der Waals surface area contributed by atoms with Gasteiger partial charge in [-0.1, -0.05) is 20.3 Å². The molecule has 2 aromatic rings. The smallest absolute Gasteiger partial charge is 0.276 e.